The minimum Gasteiger partial charge on any atom is -0.361 e. The van der Waals surface area contributed by atoms with E-state index in [4.69, 9.17) is 4.84 Å². The van der Waals surface area contributed by atoms with Crippen molar-refractivity contribution in [3.8, 4) is 0 Å². The van der Waals surface area contributed by atoms with Gasteiger partial charge in [0.05, 0.1) is 0 Å². The van der Waals surface area contributed by atoms with Gasteiger partial charge in [-0.2, -0.15) is 4.99 Å². The van der Waals surface area contributed by atoms with E-state index in [0.717, 1.165) is 12.3 Å². The largest absolute Gasteiger partial charge is 0.361 e. The van der Waals surface area contributed by atoms with Crippen LogP contribution in [0.1, 0.15) is 90.9 Å². The smallest absolute Gasteiger partial charge is 0.240 e. The fraction of sp³-hybridized carbons (Fsp3) is 0.833. The summed E-state index contributed by atoms with van der Waals surface area (Å²) in [4.78, 5) is 9.41. The standard InChI is InChI=1S/C18H34N2O/c1-4-6-7-8-9-10-11-12-13-14-15-17(5-2)18-19-16(3)21-20-18/h17H,3-15H2,1-2H3,(H,19,20). The molecule has 0 saturated carbocycles. The van der Waals surface area contributed by atoms with Gasteiger partial charge >= 0.3 is 0 Å². The number of nitrogens with zero attached hydrogens (tertiary/aromatic N) is 1. The van der Waals surface area contributed by atoms with Crippen molar-refractivity contribution in [3.63, 3.8) is 0 Å². The molecular weight excluding hydrogens is 260 g/mol. The van der Waals surface area contributed by atoms with Gasteiger partial charge in [-0.3, -0.25) is 0 Å². The van der Waals surface area contributed by atoms with Crippen molar-refractivity contribution in [2.45, 2.75) is 90.9 Å². The van der Waals surface area contributed by atoms with Gasteiger partial charge in [0.15, 0.2) is 0 Å². The molecule has 1 N–H and O–H groups in total. The number of unbranched alkanes of at least 4 members (excludes halogenated alkanes) is 9. The van der Waals surface area contributed by atoms with Gasteiger partial charge in [0.25, 0.3) is 0 Å². The van der Waals surface area contributed by atoms with E-state index in [1.807, 2.05) is 0 Å². The molecule has 3 nitrogen and oxygen atoms in total. The topological polar surface area (TPSA) is 33.6 Å². The quantitative estimate of drug-likeness (QED) is 0.440. The molecule has 0 amide bonds. The van der Waals surface area contributed by atoms with Gasteiger partial charge in [0.2, 0.25) is 5.88 Å². The van der Waals surface area contributed by atoms with E-state index >= 15 is 0 Å². The van der Waals surface area contributed by atoms with E-state index in [0.29, 0.717) is 11.8 Å². The minimum absolute atomic E-state index is 0.492. The molecule has 1 unspecified atom stereocenters. The van der Waals surface area contributed by atoms with Crippen molar-refractivity contribution in [1.29, 1.82) is 0 Å². The highest BCUT2D eigenvalue weighted by atomic mass is 16.7. The van der Waals surface area contributed by atoms with Crippen LogP contribution in [-0.2, 0) is 4.84 Å². The summed E-state index contributed by atoms with van der Waals surface area (Å²) in [7, 11) is 0. The van der Waals surface area contributed by atoms with Gasteiger partial charge in [-0.25, -0.2) is 5.48 Å². The molecule has 1 aliphatic heterocycles. The second kappa shape index (κ2) is 11.6. The zero-order chi connectivity index (χ0) is 15.3. The Morgan fingerprint density at radius 2 is 1.52 bits per heavy atom. The lowest BCUT2D eigenvalue weighted by molar-refractivity contribution is 0.175. The van der Waals surface area contributed by atoms with Crippen LogP contribution in [0, 0.1) is 5.92 Å². The van der Waals surface area contributed by atoms with Gasteiger partial charge in [-0.15, -0.1) is 0 Å². The summed E-state index contributed by atoms with van der Waals surface area (Å²) in [5, 5.41) is 0. The maximum atomic E-state index is 5.10. The molecule has 0 aromatic rings. The highest BCUT2D eigenvalue weighted by Gasteiger charge is 2.19. The molecule has 1 atom stereocenters. The maximum absolute atomic E-state index is 5.10. The van der Waals surface area contributed by atoms with Crippen LogP contribution in [0.3, 0.4) is 0 Å². The molecule has 0 saturated heterocycles. The molecule has 0 radical (unpaired) electrons. The van der Waals surface area contributed by atoms with Crippen LogP contribution < -0.4 is 5.48 Å². The van der Waals surface area contributed by atoms with Crippen molar-refractivity contribution in [2.24, 2.45) is 10.9 Å². The summed E-state index contributed by atoms with van der Waals surface area (Å²) in [5.41, 5.74) is 2.89. The Labute approximate surface area is 131 Å². The summed E-state index contributed by atoms with van der Waals surface area (Å²) >= 11 is 0. The van der Waals surface area contributed by atoms with Gasteiger partial charge in [0, 0.05) is 5.92 Å². The van der Waals surface area contributed by atoms with Crippen molar-refractivity contribution in [2.75, 3.05) is 0 Å². The van der Waals surface area contributed by atoms with E-state index in [9.17, 15) is 0 Å². The Morgan fingerprint density at radius 1 is 0.952 bits per heavy atom. The normalized spacial score (nSPS) is 15.5. The summed E-state index contributed by atoms with van der Waals surface area (Å²) in [6.07, 6.45) is 16.2. The monoisotopic (exact) mass is 294 g/mol. The van der Waals surface area contributed by atoms with Crippen molar-refractivity contribution < 1.29 is 4.84 Å². The molecule has 0 aromatic carbocycles. The zero-order valence-corrected chi connectivity index (χ0v) is 14.1. The van der Waals surface area contributed by atoms with Crippen LogP contribution in [0.2, 0.25) is 0 Å². The number of rotatable bonds is 13. The number of amidine groups is 1. The maximum Gasteiger partial charge on any atom is 0.240 e. The Morgan fingerprint density at radius 3 is 2.00 bits per heavy atom. The lowest BCUT2D eigenvalue weighted by Crippen LogP contribution is -2.25. The van der Waals surface area contributed by atoms with Crippen LogP contribution in [0.4, 0.5) is 0 Å². The predicted molar refractivity (Wildman–Crippen MR) is 91.0 cm³/mol. The highest BCUT2D eigenvalue weighted by Crippen LogP contribution is 2.19. The zero-order valence-electron chi connectivity index (χ0n) is 14.1. The van der Waals surface area contributed by atoms with Gasteiger partial charge in [-0.05, 0) is 19.4 Å². The van der Waals surface area contributed by atoms with Crippen LogP contribution in [0.25, 0.3) is 0 Å². The molecule has 122 valence electrons. The number of hydrogen-bond donors (Lipinski definition) is 1. The van der Waals surface area contributed by atoms with Gasteiger partial charge in [-0.1, -0.05) is 78.1 Å². The fourth-order valence-electron chi connectivity index (χ4n) is 2.88. The molecule has 0 fully saturated rings. The first-order valence-corrected chi connectivity index (χ1v) is 8.98. The average Bonchev–Trinajstić information content (AvgIpc) is 2.91. The van der Waals surface area contributed by atoms with E-state index in [2.05, 4.69) is 30.9 Å². The third-order valence-electron chi connectivity index (χ3n) is 4.30. The van der Waals surface area contributed by atoms with Crippen LogP contribution in [0.5, 0.6) is 0 Å². The molecule has 1 rings (SSSR count). The second-order valence-corrected chi connectivity index (χ2v) is 6.17. The predicted octanol–water partition coefficient (Wildman–Crippen LogP) is 5.73. The fourth-order valence-corrected chi connectivity index (χ4v) is 2.88. The average molecular weight is 294 g/mol. The Kier molecular flexibility index (Phi) is 10.0. The van der Waals surface area contributed by atoms with Crippen LogP contribution in [-0.4, -0.2) is 5.84 Å². The molecule has 0 aromatic heterocycles. The van der Waals surface area contributed by atoms with Crippen LogP contribution >= 0.6 is 0 Å². The summed E-state index contributed by atoms with van der Waals surface area (Å²) in [5.74, 6) is 1.96. The SMILES string of the molecule is C=C1N=C(C(CC)CCCCCCCCCCCC)NO1. The number of hydrogen-bond acceptors (Lipinski definition) is 3. The Hall–Kier alpha value is -0.990. The molecule has 0 bridgehead atoms. The first kappa shape index (κ1) is 18.1. The summed E-state index contributed by atoms with van der Waals surface area (Å²) in [6, 6.07) is 0. The van der Waals surface area contributed by atoms with Crippen molar-refractivity contribution >= 4 is 5.84 Å². The number of aliphatic imine (C=N–C) groups is 1. The van der Waals surface area contributed by atoms with Crippen LogP contribution in [0.15, 0.2) is 17.5 Å². The number of hydroxylamine groups is 1. The van der Waals surface area contributed by atoms with Crippen molar-refractivity contribution in [1.82, 2.24) is 5.48 Å². The summed E-state index contributed by atoms with van der Waals surface area (Å²) in [6.45, 7) is 8.20. The summed E-state index contributed by atoms with van der Waals surface area (Å²) < 4.78 is 0. The lowest BCUT2D eigenvalue weighted by atomic mass is 9.96. The first-order valence-electron chi connectivity index (χ1n) is 8.98. The highest BCUT2D eigenvalue weighted by molar-refractivity contribution is 5.85. The molecule has 1 aliphatic rings. The minimum atomic E-state index is 0.492. The third kappa shape index (κ3) is 8.13. The number of nitrogens with one attached hydrogen (secondary N) is 1. The van der Waals surface area contributed by atoms with E-state index in [-0.39, 0.29) is 0 Å². The molecule has 21 heavy (non-hydrogen) atoms. The molecule has 3 heteroatoms. The van der Waals surface area contributed by atoms with E-state index in [1.54, 1.807) is 0 Å². The van der Waals surface area contributed by atoms with E-state index < -0.39 is 0 Å². The third-order valence-corrected chi connectivity index (χ3v) is 4.30. The molecule has 1 heterocycles. The lowest BCUT2D eigenvalue weighted by Gasteiger charge is -2.13. The first-order chi connectivity index (χ1) is 10.3. The Balaban J connectivity index is 1.95. The van der Waals surface area contributed by atoms with E-state index in [1.165, 1.54) is 70.6 Å². The van der Waals surface area contributed by atoms with Crippen molar-refractivity contribution in [3.05, 3.63) is 12.5 Å². The second-order valence-electron chi connectivity index (χ2n) is 6.17. The molecule has 0 spiro atoms. The van der Waals surface area contributed by atoms with Gasteiger partial charge < -0.3 is 4.84 Å². The Bertz CT molecular complexity index is 312. The molecule has 0 aliphatic carbocycles. The van der Waals surface area contributed by atoms with Gasteiger partial charge in [0.1, 0.15) is 5.84 Å². The molecular formula is C18H34N2O.